The fraction of sp³-hybridized carbons (Fsp3) is 0.818. The fourth-order valence-electron chi connectivity index (χ4n) is 2.81. The molecular weight excluding hydrogens is 176 g/mol. The molecule has 0 saturated carbocycles. The SMILES string of the molecule is C=C(C)CC(NN)C1CC2CCC1O2. The van der Waals surface area contributed by atoms with Gasteiger partial charge >= 0.3 is 0 Å². The molecule has 3 N–H and O–H groups in total. The first-order chi connectivity index (χ1) is 6.70. The summed E-state index contributed by atoms with van der Waals surface area (Å²) in [6.07, 6.45) is 5.54. The van der Waals surface area contributed by atoms with Crippen molar-refractivity contribution < 1.29 is 4.74 Å². The van der Waals surface area contributed by atoms with E-state index < -0.39 is 0 Å². The van der Waals surface area contributed by atoms with Gasteiger partial charge in [0.25, 0.3) is 0 Å². The van der Waals surface area contributed by atoms with Gasteiger partial charge in [-0.2, -0.15) is 0 Å². The van der Waals surface area contributed by atoms with Crippen molar-refractivity contribution >= 4 is 0 Å². The minimum Gasteiger partial charge on any atom is -0.375 e. The summed E-state index contributed by atoms with van der Waals surface area (Å²) < 4.78 is 5.82. The highest BCUT2D eigenvalue weighted by molar-refractivity contribution is 5.00. The maximum atomic E-state index is 5.82. The molecule has 0 spiro atoms. The van der Waals surface area contributed by atoms with Crippen molar-refractivity contribution in [2.45, 2.75) is 50.9 Å². The summed E-state index contributed by atoms with van der Waals surface area (Å²) in [5.74, 6) is 6.18. The summed E-state index contributed by atoms with van der Waals surface area (Å²) >= 11 is 0. The second-order valence-corrected chi connectivity index (χ2v) is 4.71. The largest absolute Gasteiger partial charge is 0.375 e. The number of nitrogens with one attached hydrogen (secondary N) is 1. The average molecular weight is 196 g/mol. The lowest BCUT2D eigenvalue weighted by Gasteiger charge is -2.27. The van der Waals surface area contributed by atoms with Crippen LogP contribution in [0.4, 0.5) is 0 Å². The molecule has 0 radical (unpaired) electrons. The van der Waals surface area contributed by atoms with Crippen LogP contribution in [0.5, 0.6) is 0 Å². The molecule has 0 aromatic carbocycles. The van der Waals surface area contributed by atoms with E-state index in [0.29, 0.717) is 24.2 Å². The molecule has 2 saturated heterocycles. The third kappa shape index (κ3) is 1.85. The molecule has 0 aromatic rings. The number of nitrogens with two attached hydrogens (primary N) is 1. The monoisotopic (exact) mass is 196 g/mol. The van der Waals surface area contributed by atoms with Crippen LogP contribution in [0.2, 0.25) is 0 Å². The number of hydrazine groups is 1. The molecule has 2 fully saturated rings. The zero-order valence-corrected chi connectivity index (χ0v) is 8.83. The van der Waals surface area contributed by atoms with E-state index in [9.17, 15) is 0 Å². The third-order valence-electron chi connectivity index (χ3n) is 3.45. The van der Waals surface area contributed by atoms with Crippen LogP contribution in [0, 0.1) is 5.92 Å². The number of rotatable bonds is 4. The second-order valence-electron chi connectivity index (χ2n) is 4.71. The van der Waals surface area contributed by atoms with Crippen molar-refractivity contribution in [2.24, 2.45) is 11.8 Å². The van der Waals surface area contributed by atoms with Gasteiger partial charge in [-0.1, -0.05) is 5.57 Å². The molecule has 0 amide bonds. The van der Waals surface area contributed by atoms with E-state index in [1.165, 1.54) is 24.8 Å². The van der Waals surface area contributed by atoms with Gasteiger partial charge in [-0.25, -0.2) is 0 Å². The van der Waals surface area contributed by atoms with Crippen LogP contribution in [-0.4, -0.2) is 18.2 Å². The summed E-state index contributed by atoms with van der Waals surface area (Å²) in [4.78, 5) is 0. The highest BCUT2D eigenvalue weighted by Gasteiger charge is 2.43. The maximum Gasteiger partial charge on any atom is 0.0624 e. The second kappa shape index (κ2) is 4.01. The third-order valence-corrected chi connectivity index (χ3v) is 3.45. The molecule has 14 heavy (non-hydrogen) atoms. The van der Waals surface area contributed by atoms with Crippen molar-refractivity contribution in [3.8, 4) is 0 Å². The first kappa shape index (κ1) is 10.1. The molecule has 2 aliphatic heterocycles. The van der Waals surface area contributed by atoms with E-state index in [2.05, 4.69) is 18.9 Å². The molecule has 2 aliphatic rings. The number of hydrogen-bond donors (Lipinski definition) is 2. The summed E-state index contributed by atoms with van der Waals surface area (Å²) in [7, 11) is 0. The van der Waals surface area contributed by atoms with Crippen LogP contribution < -0.4 is 11.3 Å². The molecule has 2 rings (SSSR count). The Bertz CT molecular complexity index is 229. The quantitative estimate of drug-likeness (QED) is 0.405. The Morgan fingerprint density at radius 3 is 2.86 bits per heavy atom. The fourth-order valence-corrected chi connectivity index (χ4v) is 2.81. The van der Waals surface area contributed by atoms with Crippen LogP contribution in [0.15, 0.2) is 12.2 Å². The van der Waals surface area contributed by atoms with Crippen LogP contribution in [0.3, 0.4) is 0 Å². The normalized spacial score (nSPS) is 37.4. The van der Waals surface area contributed by atoms with Crippen LogP contribution >= 0.6 is 0 Å². The van der Waals surface area contributed by atoms with Crippen molar-refractivity contribution in [2.75, 3.05) is 0 Å². The smallest absolute Gasteiger partial charge is 0.0624 e. The van der Waals surface area contributed by atoms with Crippen molar-refractivity contribution in [1.82, 2.24) is 5.43 Å². The van der Waals surface area contributed by atoms with E-state index in [1.54, 1.807) is 0 Å². The van der Waals surface area contributed by atoms with Gasteiger partial charge in [0.2, 0.25) is 0 Å². The highest BCUT2D eigenvalue weighted by Crippen LogP contribution is 2.41. The lowest BCUT2D eigenvalue weighted by Crippen LogP contribution is -2.44. The van der Waals surface area contributed by atoms with Crippen LogP contribution in [-0.2, 0) is 4.74 Å². The van der Waals surface area contributed by atoms with Crippen molar-refractivity contribution in [3.63, 3.8) is 0 Å². The molecule has 0 aromatic heterocycles. The highest BCUT2D eigenvalue weighted by atomic mass is 16.5. The minimum atomic E-state index is 0.350. The molecule has 2 bridgehead atoms. The zero-order chi connectivity index (χ0) is 10.1. The Labute approximate surface area is 85.7 Å². The van der Waals surface area contributed by atoms with Gasteiger partial charge < -0.3 is 4.74 Å². The molecular formula is C11H20N2O. The molecule has 80 valence electrons. The number of hydrogen-bond acceptors (Lipinski definition) is 3. The van der Waals surface area contributed by atoms with E-state index in [1.807, 2.05) is 0 Å². The van der Waals surface area contributed by atoms with Gasteiger partial charge in [-0.05, 0) is 32.6 Å². The Balaban J connectivity index is 1.95. The van der Waals surface area contributed by atoms with Crippen LogP contribution in [0.25, 0.3) is 0 Å². The van der Waals surface area contributed by atoms with Gasteiger partial charge in [-0.15, -0.1) is 6.58 Å². The molecule has 2 heterocycles. The van der Waals surface area contributed by atoms with Gasteiger partial charge in [-0.3, -0.25) is 11.3 Å². The predicted octanol–water partition coefficient (Wildman–Crippen LogP) is 1.35. The summed E-state index contributed by atoms with van der Waals surface area (Å²) in [5.41, 5.74) is 4.11. The predicted molar refractivity (Wildman–Crippen MR) is 56.5 cm³/mol. The Hall–Kier alpha value is -0.380. The standard InChI is InChI=1S/C11H20N2O/c1-7(2)5-10(13-12)9-6-8-3-4-11(9)14-8/h8-11,13H,1,3-6,12H2,2H3. The molecule has 0 aliphatic carbocycles. The van der Waals surface area contributed by atoms with E-state index in [4.69, 9.17) is 10.6 Å². The van der Waals surface area contributed by atoms with Crippen LogP contribution in [0.1, 0.15) is 32.6 Å². The van der Waals surface area contributed by atoms with Crippen molar-refractivity contribution in [1.29, 1.82) is 0 Å². The Morgan fingerprint density at radius 2 is 2.43 bits per heavy atom. The zero-order valence-electron chi connectivity index (χ0n) is 8.83. The lowest BCUT2D eigenvalue weighted by atomic mass is 9.82. The van der Waals surface area contributed by atoms with E-state index in [0.717, 1.165) is 6.42 Å². The molecule has 3 nitrogen and oxygen atoms in total. The molecule has 3 heteroatoms. The first-order valence-electron chi connectivity index (χ1n) is 5.46. The van der Waals surface area contributed by atoms with Gasteiger partial charge in [0.15, 0.2) is 0 Å². The number of ether oxygens (including phenoxy) is 1. The lowest BCUT2D eigenvalue weighted by molar-refractivity contribution is 0.0857. The van der Waals surface area contributed by atoms with E-state index >= 15 is 0 Å². The molecule has 4 atom stereocenters. The van der Waals surface area contributed by atoms with Gasteiger partial charge in [0, 0.05) is 12.0 Å². The Morgan fingerprint density at radius 1 is 1.64 bits per heavy atom. The van der Waals surface area contributed by atoms with E-state index in [-0.39, 0.29) is 0 Å². The average Bonchev–Trinajstić information content (AvgIpc) is 2.74. The summed E-state index contributed by atoms with van der Waals surface area (Å²) in [5, 5.41) is 0. The number of fused-ring (bicyclic) bond motifs is 2. The first-order valence-corrected chi connectivity index (χ1v) is 5.46. The summed E-state index contributed by atoms with van der Waals surface area (Å²) in [6, 6.07) is 0.350. The maximum absolute atomic E-state index is 5.82. The van der Waals surface area contributed by atoms with Crippen molar-refractivity contribution in [3.05, 3.63) is 12.2 Å². The van der Waals surface area contributed by atoms with Gasteiger partial charge in [0.1, 0.15) is 0 Å². The van der Waals surface area contributed by atoms with Gasteiger partial charge in [0.05, 0.1) is 12.2 Å². The molecule has 4 unspecified atom stereocenters. The Kier molecular flexibility index (Phi) is 2.91. The minimum absolute atomic E-state index is 0.350. The topological polar surface area (TPSA) is 47.3 Å². The summed E-state index contributed by atoms with van der Waals surface area (Å²) in [6.45, 7) is 5.99.